The fourth-order valence-electron chi connectivity index (χ4n) is 1.15. The molecular weight excluding hydrogens is 190 g/mol. The lowest BCUT2D eigenvalue weighted by Crippen LogP contribution is -2.18. The fraction of sp³-hybridized carbons (Fsp3) is 0.250. The molecule has 0 saturated carbocycles. The largest absolute Gasteiger partial charge is 0.442 e. The summed E-state index contributed by atoms with van der Waals surface area (Å²) < 4.78 is 5.06. The molecule has 0 radical (unpaired) electrons. The number of carbonyl (C=O) groups is 1. The maximum Gasteiger partial charge on any atom is 0.412 e. The van der Waals surface area contributed by atoms with Gasteiger partial charge in [0.1, 0.15) is 6.10 Å². The molecule has 1 aromatic carbocycles. The summed E-state index contributed by atoms with van der Waals surface area (Å²) in [6, 6.07) is 9.21. The van der Waals surface area contributed by atoms with E-state index >= 15 is 0 Å². The van der Waals surface area contributed by atoms with Gasteiger partial charge in [-0.25, -0.2) is 4.79 Å². The number of benzene rings is 1. The van der Waals surface area contributed by atoms with Crippen molar-refractivity contribution in [3.63, 3.8) is 0 Å². The van der Waals surface area contributed by atoms with Crippen LogP contribution in [0.3, 0.4) is 0 Å². The van der Waals surface area contributed by atoms with Crippen molar-refractivity contribution in [1.29, 1.82) is 0 Å². The van der Waals surface area contributed by atoms with E-state index in [4.69, 9.17) is 4.74 Å². The average Bonchev–Trinajstić information content (AvgIpc) is 2.19. The topological polar surface area (TPSA) is 38.3 Å². The Balaban J connectivity index is 2.43. The van der Waals surface area contributed by atoms with E-state index in [0.717, 1.165) is 5.69 Å². The van der Waals surface area contributed by atoms with Gasteiger partial charge in [-0.3, -0.25) is 5.32 Å². The van der Waals surface area contributed by atoms with Crippen molar-refractivity contribution in [3.05, 3.63) is 42.5 Å². The molecule has 3 heteroatoms. The summed E-state index contributed by atoms with van der Waals surface area (Å²) in [6.07, 6.45) is 3.01. The molecule has 3 nitrogen and oxygen atoms in total. The Labute approximate surface area is 89.8 Å². The van der Waals surface area contributed by atoms with Gasteiger partial charge in [-0.2, -0.15) is 0 Å². The zero-order valence-electron chi connectivity index (χ0n) is 8.94. The summed E-state index contributed by atoms with van der Waals surface area (Å²) >= 11 is 0. The number of hydrogen-bond acceptors (Lipinski definition) is 2. The van der Waals surface area contributed by atoms with Crippen molar-refractivity contribution in [2.45, 2.75) is 20.0 Å². The molecule has 15 heavy (non-hydrogen) atoms. The van der Waals surface area contributed by atoms with Crippen LogP contribution in [-0.2, 0) is 4.74 Å². The Bertz CT molecular complexity index is 333. The minimum absolute atomic E-state index is 0.210. The second-order valence-corrected chi connectivity index (χ2v) is 3.13. The van der Waals surface area contributed by atoms with Gasteiger partial charge in [-0.1, -0.05) is 24.3 Å². The normalized spacial score (nSPS) is 12.4. The smallest absolute Gasteiger partial charge is 0.412 e. The Morgan fingerprint density at radius 1 is 1.40 bits per heavy atom. The summed E-state index contributed by atoms with van der Waals surface area (Å²) in [7, 11) is 0. The van der Waals surface area contributed by atoms with E-state index in [9.17, 15) is 4.79 Å². The molecule has 1 aromatic rings. The summed E-state index contributed by atoms with van der Waals surface area (Å²) in [5.41, 5.74) is 0.732. The van der Waals surface area contributed by atoms with Gasteiger partial charge in [-0.15, -0.1) is 0 Å². The van der Waals surface area contributed by atoms with Crippen LogP contribution in [0.15, 0.2) is 42.5 Å². The maximum absolute atomic E-state index is 11.3. The summed E-state index contributed by atoms with van der Waals surface area (Å²) in [4.78, 5) is 11.3. The van der Waals surface area contributed by atoms with Gasteiger partial charge in [-0.05, 0) is 32.1 Å². The monoisotopic (exact) mass is 205 g/mol. The van der Waals surface area contributed by atoms with Crippen molar-refractivity contribution in [1.82, 2.24) is 0 Å². The van der Waals surface area contributed by atoms with E-state index in [1.165, 1.54) is 0 Å². The van der Waals surface area contributed by atoms with Gasteiger partial charge in [0.05, 0.1) is 0 Å². The van der Waals surface area contributed by atoms with Crippen LogP contribution >= 0.6 is 0 Å². The van der Waals surface area contributed by atoms with E-state index < -0.39 is 6.09 Å². The predicted molar refractivity (Wildman–Crippen MR) is 60.8 cm³/mol. The molecule has 1 rings (SSSR count). The molecule has 0 spiro atoms. The van der Waals surface area contributed by atoms with E-state index in [-0.39, 0.29) is 6.10 Å². The third-order valence-electron chi connectivity index (χ3n) is 1.78. The third kappa shape index (κ3) is 4.31. The Kier molecular flexibility index (Phi) is 4.41. The van der Waals surface area contributed by atoms with Crippen molar-refractivity contribution in [3.8, 4) is 0 Å². The van der Waals surface area contributed by atoms with Crippen LogP contribution in [0.4, 0.5) is 10.5 Å². The van der Waals surface area contributed by atoms with Crippen LogP contribution in [0.5, 0.6) is 0 Å². The summed E-state index contributed by atoms with van der Waals surface area (Å²) in [5, 5.41) is 2.64. The number of amides is 1. The lowest BCUT2D eigenvalue weighted by atomic mass is 10.3. The van der Waals surface area contributed by atoms with Gasteiger partial charge >= 0.3 is 6.09 Å². The molecule has 1 atom stereocenters. The molecule has 80 valence electrons. The van der Waals surface area contributed by atoms with Crippen molar-refractivity contribution < 1.29 is 9.53 Å². The highest BCUT2D eigenvalue weighted by atomic mass is 16.6. The Morgan fingerprint density at radius 2 is 2.07 bits per heavy atom. The van der Waals surface area contributed by atoms with Crippen molar-refractivity contribution >= 4 is 11.8 Å². The van der Waals surface area contributed by atoms with E-state index in [0.29, 0.717) is 0 Å². The third-order valence-corrected chi connectivity index (χ3v) is 1.78. The van der Waals surface area contributed by atoms with Crippen LogP contribution in [0, 0.1) is 0 Å². The van der Waals surface area contributed by atoms with E-state index in [1.807, 2.05) is 56.3 Å². The molecular formula is C12H15NO2. The minimum atomic E-state index is -0.438. The molecule has 0 aliphatic carbocycles. The van der Waals surface area contributed by atoms with Crippen molar-refractivity contribution in [2.75, 3.05) is 5.32 Å². The summed E-state index contributed by atoms with van der Waals surface area (Å²) in [5.74, 6) is 0. The van der Waals surface area contributed by atoms with Gasteiger partial charge in [0, 0.05) is 5.69 Å². The van der Waals surface area contributed by atoms with Gasteiger partial charge in [0.2, 0.25) is 0 Å². The first-order valence-electron chi connectivity index (χ1n) is 4.88. The van der Waals surface area contributed by atoms with Crippen LogP contribution in [0.1, 0.15) is 13.8 Å². The SMILES string of the molecule is C/C=C/[C@H](C)OC(=O)Nc1ccccc1. The molecule has 0 heterocycles. The molecule has 0 bridgehead atoms. The standard InChI is InChI=1S/C12H15NO2/c1-3-7-10(2)15-12(14)13-11-8-5-4-6-9-11/h3-10H,1-2H3,(H,13,14)/b7-3+/t10-/m0/s1. The molecule has 1 amide bonds. The molecule has 0 fully saturated rings. The van der Waals surface area contributed by atoms with Crippen LogP contribution < -0.4 is 5.32 Å². The van der Waals surface area contributed by atoms with E-state index in [1.54, 1.807) is 0 Å². The maximum atomic E-state index is 11.3. The number of nitrogens with one attached hydrogen (secondary N) is 1. The molecule has 0 unspecified atom stereocenters. The Hall–Kier alpha value is -1.77. The number of allylic oxidation sites excluding steroid dienone is 1. The van der Waals surface area contributed by atoms with Gasteiger partial charge < -0.3 is 4.74 Å². The second-order valence-electron chi connectivity index (χ2n) is 3.13. The molecule has 0 aliphatic heterocycles. The fourth-order valence-corrected chi connectivity index (χ4v) is 1.15. The zero-order chi connectivity index (χ0) is 11.1. The van der Waals surface area contributed by atoms with Gasteiger partial charge in [0.15, 0.2) is 0 Å². The van der Waals surface area contributed by atoms with E-state index in [2.05, 4.69) is 5.32 Å². The number of hydrogen-bond donors (Lipinski definition) is 1. The molecule has 0 aromatic heterocycles. The Morgan fingerprint density at radius 3 is 2.67 bits per heavy atom. The van der Waals surface area contributed by atoms with Crippen LogP contribution in [0.25, 0.3) is 0 Å². The number of carbonyl (C=O) groups excluding carboxylic acids is 1. The number of ether oxygens (including phenoxy) is 1. The number of anilines is 1. The second kappa shape index (κ2) is 5.86. The first kappa shape index (κ1) is 11.3. The quantitative estimate of drug-likeness (QED) is 0.769. The highest BCUT2D eigenvalue weighted by Gasteiger charge is 2.05. The highest BCUT2D eigenvalue weighted by molar-refractivity contribution is 5.84. The molecule has 1 N–H and O–H groups in total. The average molecular weight is 205 g/mol. The first-order valence-corrected chi connectivity index (χ1v) is 4.88. The van der Waals surface area contributed by atoms with Crippen molar-refractivity contribution in [2.24, 2.45) is 0 Å². The minimum Gasteiger partial charge on any atom is -0.442 e. The highest BCUT2D eigenvalue weighted by Crippen LogP contribution is 2.06. The summed E-state index contributed by atoms with van der Waals surface area (Å²) in [6.45, 7) is 3.69. The lowest BCUT2D eigenvalue weighted by molar-refractivity contribution is 0.142. The van der Waals surface area contributed by atoms with Crippen LogP contribution in [0.2, 0.25) is 0 Å². The first-order chi connectivity index (χ1) is 7.22. The molecule has 0 saturated heterocycles. The number of para-hydroxylation sites is 1. The zero-order valence-corrected chi connectivity index (χ0v) is 8.94. The van der Waals surface area contributed by atoms with Crippen LogP contribution in [-0.4, -0.2) is 12.2 Å². The molecule has 0 aliphatic rings. The number of rotatable bonds is 3. The van der Waals surface area contributed by atoms with Gasteiger partial charge in [0.25, 0.3) is 0 Å². The predicted octanol–water partition coefficient (Wildman–Crippen LogP) is 3.20. The lowest BCUT2D eigenvalue weighted by Gasteiger charge is -2.10.